The van der Waals surface area contributed by atoms with Crippen LogP contribution in [0.4, 0.5) is 4.39 Å². The lowest BCUT2D eigenvalue weighted by Gasteiger charge is -2.44. The largest absolute Gasteiger partial charge is 0.486 e. The third-order valence-corrected chi connectivity index (χ3v) is 6.00. The summed E-state index contributed by atoms with van der Waals surface area (Å²) in [5.74, 6) is 0.511. The third-order valence-electron chi connectivity index (χ3n) is 6.00. The lowest BCUT2D eigenvalue weighted by Crippen LogP contribution is -2.52. The summed E-state index contributed by atoms with van der Waals surface area (Å²) in [7, 11) is 0. The summed E-state index contributed by atoms with van der Waals surface area (Å²) >= 11 is 0. The van der Waals surface area contributed by atoms with E-state index in [0.717, 1.165) is 16.7 Å². The van der Waals surface area contributed by atoms with Crippen molar-refractivity contribution in [1.29, 1.82) is 0 Å². The molecule has 0 saturated carbocycles. The van der Waals surface area contributed by atoms with E-state index < -0.39 is 5.60 Å². The first-order valence-corrected chi connectivity index (χ1v) is 9.71. The molecule has 0 radical (unpaired) electrons. The maximum Gasteiger partial charge on any atom is 0.226 e. The molecular formula is C23H24FNO3. The molecule has 28 heavy (non-hydrogen) atoms. The Morgan fingerprint density at radius 2 is 1.75 bits per heavy atom. The number of halogens is 1. The van der Waals surface area contributed by atoms with Crippen LogP contribution in [0.25, 0.3) is 0 Å². The van der Waals surface area contributed by atoms with Gasteiger partial charge >= 0.3 is 0 Å². The zero-order valence-corrected chi connectivity index (χ0v) is 16.3. The number of amides is 1. The second-order valence-corrected chi connectivity index (χ2v) is 8.00. The average Bonchev–Trinajstić information content (AvgIpc) is 2.66. The Bertz CT molecular complexity index is 928. The van der Waals surface area contributed by atoms with Crippen LogP contribution in [0.15, 0.2) is 36.4 Å². The van der Waals surface area contributed by atoms with Crippen LogP contribution in [0.3, 0.4) is 0 Å². The van der Waals surface area contributed by atoms with Crippen molar-refractivity contribution in [2.24, 2.45) is 0 Å². The number of Topliss-reactive ketones (excluding diaryl/α,β-unsaturated/α-hetero) is 1. The Morgan fingerprint density at radius 1 is 1.11 bits per heavy atom. The Kier molecular flexibility index (Phi) is 4.69. The molecule has 4 nitrogen and oxygen atoms in total. The van der Waals surface area contributed by atoms with E-state index >= 15 is 0 Å². The van der Waals surface area contributed by atoms with Crippen LogP contribution in [0.1, 0.15) is 46.3 Å². The van der Waals surface area contributed by atoms with E-state index in [2.05, 4.69) is 0 Å². The van der Waals surface area contributed by atoms with Gasteiger partial charge < -0.3 is 9.64 Å². The molecule has 2 aromatic carbocycles. The Morgan fingerprint density at radius 3 is 2.43 bits per heavy atom. The summed E-state index contributed by atoms with van der Waals surface area (Å²) in [6.07, 6.45) is 1.90. The molecule has 2 aromatic rings. The average molecular weight is 381 g/mol. The van der Waals surface area contributed by atoms with Gasteiger partial charge in [0.1, 0.15) is 17.2 Å². The maximum atomic E-state index is 13.0. The van der Waals surface area contributed by atoms with Gasteiger partial charge in [0.25, 0.3) is 0 Å². The molecule has 1 saturated heterocycles. The normalized spacial score (nSPS) is 18.0. The molecule has 0 bridgehead atoms. The molecule has 2 aliphatic rings. The van der Waals surface area contributed by atoms with Crippen LogP contribution < -0.4 is 4.74 Å². The topological polar surface area (TPSA) is 46.6 Å². The fraction of sp³-hybridized carbons (Fsp3) is 0.391. The van der Waals surface area contributed by atoms with Gasteiger partial charge in [0.2, 0.25) is 5.91 Å². The van der Waals surface area contributed by atoms with Crippen LogP contribution in [0.2, 0.25) is 0 Å². The molecule has 0 atom stereocenters. The molecule has 5 heteroatoms. The summed E-state index contributed by atoms with van der Waals surface area (Å²) in [5.41, 5.74) is 3.15. The van der Waals surface area contributed by atoms with E-state index in [1.54, 1.807) is 12.1 Å². The molecule has 2 aliphatic heterocycles. The monoisotopic (exact) mass is 381 g/mol. The number of hydrogen-bond donors (Lipinski definition) is 0. The predicted molar refractivity (Wildman–Crippen MR) is 104 cm³/mol. The number of carbonyl (C=O) groups excluding carboxylic acids is 2. The van der Waals surface area contributed by atoms with Crippen molar-refractivity contribution >= 4 is 11.7 Å². The molecule has 1 fully saturated rings. The highest BCUT2D eigenvalue weighted by molar-refractivity contribution is 6.00. The van der Waals surface area contributed by atoms with E-state index in [9.17, 15) is 14.0 Å². The highest BCUT2D eigenvalue weighted by Gasteiger charge is 2.43. The van der Waals surface area contributed by atoms with Crippen molar-refractivity contribution in [3.63, 3.8) is 0 Å². The van der Waals surface area contributed by atoms with Gasteiger partial charge in [-0.3, -0.25) is 9.59 Å². The van der Waals surface area contributed by atoms with Crippen LogP contribution in [0.5, 0.6) is 5.75 Å². The van der Waals surface area contributed by atoms with Gasteiger partial charge in [0, 0.05) is 25.9 Å². The summed E-state index contributed by atoms with van der Waals surface area (Å²) < 4.78 is 19.4. The number of rotatable bonds is 2. The highest BCUT2D eigenvalue weighted by Crippen LogP contribution is 2.40. The van der Waals surface area contributed by atoms with Gasteiger partial charge in [-0.15, -0.1) is 0 Å². The molecule has 0 aliphatic carbocycles. The molecule has 0 unspecified atom stereocenters. The van der Waals surface area contributed by atoms with Crippen molar-refractivity contribution in [3.05, 3.63) is 64.5 Å². The van der Waals surface area contributed by atoms with Crippen molar-refractivity contribution in [2.75, 3.05) is 13.1 Å². The smallest absolute Gasteiger partial charge is 0.226 e. The molecule has 2 heterocycles. The Balaban J connectivity index is 1.43. The number of hydrogen-bond acceptors (Lipinski definition) is 3. The second-order valence-electron chi connectivity index (χ2n) is 8.00. The maximum absolute atomic E-state index is 13.0. The number of fused-ring (bicyclic) bond motifs is 1. The number of ketones is 1. The number of likely N-dealkylation sites (tertiary alicyclic amines) is 1. The van der Waals surface area contributed by atoms with E-state index in [1.807, 2.05) is 30.9 Å². The van der Waals surface area contributed by atoms with Crippen LogP contribution >= 0.6 is 0 Å². The van der Waals surface area contributed by atoms with E-state index in [0.29, 0.717) is 43.7 Å². The van der Waals surface area contributed by atoms with Crippen molar-refractivity contribution in [1.82, 2.24) is 4.90 Å². The van der Waals surface area contributed by atoms with Crippen molar-refractivity contribution < 1.29 is 18.7 Å². The molecule has 1 spiro atoms. The van der Waals surface area contributed by atoms with Gasteiger partial charge in [-0.05, 0) is 54.8 Å². The van der Waals surface area contributed by atoms with Gasteiger partial charge in [0.05, 0.1) is 18.4 Å². The second kappa shape index (κ2) is 7.04. The molecule has 0 N–H and O–H groups in total. The first-order valence-electron chi connectivity index (χ1n) is 9.71. The van der Waals surface area contributed by atoms with Gasteiger partial charge in [-0.2, -0.15) is 0 Å². The highest BCUT2D eigenvalue weighted by atomic mass is 19.1. The quantitative estimate of drug-likeness (QED) is 0.790. The predicted octanol–water partition coefficient (Wildman–Crippen LogP) is 4.01. The summed E-state index contributed by atoms with van der Waals surface area (Å²) in [5, 5.41) is 0. The zero-order valence-electron chi connectivity index (χ0n) is 16.3. The van der Waals surface area contributed by atoms with Crippen molar-refractivity contribution in [3.8, 4) is 5.75 Å². The standard InChI is InChI=1S/C23H24FNO3/c1-15-11-19-20(26)14-23(28-21(19)12-16(15)2)7-9-25(10-8-23)22(27)13-17-3-5-18(24)6-4-17/h3-6,11-12H,7-10,13-14H2,1-2H3. The SMILES string of the molecule is Cc1cc2c(cc1C)C(=O)CC1(CCN(C(=O)Cc3ccc(F)cc3)CC1)O2. The lowest BCUT2D eigenvalue weighted by atomic mass is 9.82. The van der Waals surface area contributed by atoms with Gasteiger partial charge in [-0.25, -0.2) is 4.39 Å². The van der Waals surface area contributed by atoms with E-state index in [4.69, 9.17) is 4.74 Å². The van der Waals surface area contributed by atoms with E-state index in [-0.39, 0.29) is 23.9 Å². The third kappa shape index (κ3) is 3.53. The van der Waals surface area contributed by atoms with Crippen LogP contribution in [0, 0.1) is 19.7 Å². The van der Waals surface area contributed by atoms with Gasteiger partial charge in [-0.1, -0.05) is 12.1 Å². The first-order chi connectivity index (χ1) is 13.3. The number of ether oxygens (including phenoxy) is 1. The Labute approximate surface area is 164 Å². The minimum Gasteiger partial charge on any atom is -0.486 e. The lowest BCUT2D eigenvalue weighted by molar-refractivity contribution is -0.134. The zero-order chi connectivity index (χ0) is 19.9. The van der Waals surface area contributed by atoms with E-state index in [1.165, 1.54) is 12.1 Å². The minimum absolute atomic E-state index is 0.0236. The fourth-order valence-corrected chi connectivity index (χ4v) is 4.08. The molecule has 0 aromatic heterocycles. The fourth-order valence-electron chi connectivity index (χ4n) is 4.08. The van der Waals surface area contributed by atoms with Gasteiger partial charge in [0.15, 0.2) is 5.78 Å². The van der Waals surface area contributed by atoms with Crippen LogP contribution in [-0.4, -0.2) is 35.3 Å². The molecular weight excluding hydrogens is 357 g/mol. The first kappa shape index (κ1) is 18.7. The number of aryl methyl sites for hydroxylation is 2. The summed E-state index contributed by atoms with van der Waals surface area (Å²) in [4.78, 5) is 27.1. The number of piperidine rings is 1. The molecule has 146 valence electrons. The van der Waals surface area contributed by atoms with Crippen molar-refractivity contribution in [2.45, 2.75) is 45.1 Å². The van der Waals surface area contributed by atoms with Crippen LogP contribution in [-0.2, 0) is 11.2 Å². The summed E-state index contributed by atoms with van der Waals surface area (Å²) in [6.45, 7) is 5.14. The number of carbonyl (C=O) groups is 2. The molecule has 4 rings (SSSR count). The minimum atomic E-state index is -0.515. The Hall–Kier alpha value is -2.69. The number of nitrogens with zero attached hydrogens (tertiary/aromatic N) is 1. The number of benzene rings is 2. The summed E-state index contributed by atoms with van der Waals surface area (Å²) in [6, 6.07) is 9.90. The molecule has 1 amide bonds.